The number of hydrogen-bond donors (Lipinski definition) is 1. The summed E-state index contributed by atoms with van der Waals surface area (Å²) in [6, 6.07) is 7.30. The zero-order chi connectivity index (χ0) is 19.4. The van der Waals surface area contributed by atoms with Gasteiger partial charge in [-0.3, -0.25) is 9.59 Å². The van der Waals surface area contributed by atoms with Crippen LogP contribution in [0.3, 0.4) is 0 Å². The minimum absolute atomic E-state index is 0.0196. The summed E-state index contributed by atoms with van der Waals surface area (Å²) in [6.45, 7) is 4.04. The van der Waals surface area contributed by atoms with Crippen molar-refractivity contribution in [3.05, 3.63) is 47.3 Å². The molecular formula is C20H25N3O4. The number of nitrogens with one attached hydrogen (secondary N) is 1. The monoisotopic (exact) mass is 371 g/mol. The molecule has 1 aromatic heterocycles. The predicted molar refractivity (Wildman–Crippen MR) is 101 cm³/mol. The summed E-state index contributed by atoms with van der Waals surface area (Å²) >= 11 is 0. The Bertz CT molecular complexity index is 809. The minimum Gasteiger partial charge on any atom is -0.496 e. The van der Waals surface area contributed by atoms with Crippen LogP contribution in [0.25, 0.3) is 0 Å². The lowest BCUT2D eigenvalue weighted by Crippen LogP contribution is -2.51. The third-order valence-corrected chi connectivity index (χ3v) is 4.89. The van der Waals surface area contributed by atoms with Gasteiger partial charge in [-0.25, -0.2) is 0 Å². The van der Waals surface area contributed by atoms with Gasteiger partial charge in [-0.05, 0) is 36.8 Å². The molecule has 0 aliphatic carbocycles. The van der Waals surface area contributed by atoms with Gasteiger partial charge in [-0.2, -0.15) is 0 Å². The molecule has 7 heteroatoms. The fraction of sp³-hybridized carbons (Fsp3) is 0.400. The topological polar surface area (TPSA) is 74.9 Å². The van der Waals surface area contributed by atoms with E-state index in [4.69, 9.17) is 9.47 Å². The lowest BCUT2D eigenvalue weighted by atomic mass is 10.1. The quantitative estimate of drug-likeness (QED) is 0.871. The summed E-state index contributed by atoms with van der Waals surface area (Å²) in [6.07, 6.45) is 1.97. The molecular weight excluding hydrogens is 346 g/mol. The third kappa shape index (κ3) is 4.07. The van der Waals surface area contributed by atoms with Crippen molar-refractivity contribution >= 4 is 11.8 Å². The molecule has 1 aliphatic heterocycles. The molecule has 2 amide bonds. The SMILES string of the molecule is COc1cc(CC(=O)N2CCN(C(=O)c3ccc[nH]3)CC2)c(OC)cc1C. The van der Waals surface area contributed by atoms with Crippen molar-refractivity contribution in [3.8, 4) is 11.5 Å². The van der Waals surface area contributed by atoms with Gasteiger partial charge in [0.15, 0.2) is 0 Å². The van der Waals surface area contributed by atoms with E-state index in [0.717, 1.165) is 16.9 Å². The Morgan fingerprint density at radius 3 is 2.30 bits per heavy atom. The molecule has 0 unspecified atom stereocenters. The van der Waals surface area contributed by atoms with Gasteiger partial charge in [-0.15, -0.1) is 0 Å². The third-order valence-electron chi connectivity index (χ3n) is 4.89. The van der Waals surface area contributed by atoms with Crippen molar-refractivity contribution < 1.29 is 19.1 Å². The number of carbonyl (C=O) groups excluding carboxylic acids is 2. The number of methoxy groups -OCH3 is 2. The lowest BCUT2D eigenvalue weighted by Gasteiger charge is -2.34. The molecule has 1 N–H and O–H groups in total. The number of rotatable bonds is 5. The van der Waals surface area contributed by atoms with Gasteiger partial charge in [0.2, 0.25) is 5.91 Å². The van der Waals surface area contributed by atoms with Gasteiger partial charge in [0, 0.05) is 37.9 Å². The van der Waals surface area contributed by atoms with Crippen molar-refractivity contribution in [3.63, 3.8) is 0 Å². The van der Waals surface area contributed by atoms with Gasteiger partial charge >= 0.3 is 0 Å². The molecule has 0 radical (unpaired) electrons. The minimum atomic E-state index is -0.0305. The molecule has 27 heavy (non-hydrogen) atoms. The van der Waals surface area contributed by atoms with Crippen molar-refractivity contribution in [2.24, 2.45) is 0 Å². The number of carbonyl (C=O) groups is 2. The van der Waals surface area contributed by atoms with Crippen LogP contribution in [0.2, 0.25) is 0 Å². The number of benzene rings is 1. The van der Waals surface area contributed by atoms with E-state index in [0.29, 0.717) is 37.6 Å². The number of aryl methyl sites for hydroxylation is 1. The molecule has 2 heterocycles. The van der Waals surface area contributed by atoms with E-state index in [2.05, 4.69) is 4.98 Å². The van der Waals surface area contributed by atoms with Crippen LogP contribution in [0, 0.1) is 6.92 Å². The number of amides is 2. The zero-order valence-electron chi connectivity index (χ0n) is 15.9. The van der Waals surface area contributed by atoms with Crippen molar-refractivity contribution in [1.82, 2.24) is 14.8 Å². The lowest BCUT2D eigenvalue weighted by molar-refractivity contribution is -0.131. The van der Waals surface area contributed by atoms with E-state index >= 15 is 0 Å². The van der Waals surface area contributed by atoms with Crippen molar-refractivity contribution in [2.45, 2.75) is 13.3 Å². The van der Waals surface area contributed by atoms with Gasteiger partial charge < -0.3 is 24.3 Å². The molecule has 7 nitrogen and oxygen atoms in total. The first-order valence-electron chi connectivity index (χ1n) is 8.95. The highest BCUT2D eigenvalue weighted by Gasteiger charge is 2.26. The fourth-order valence-corrected chi connectivity index (χ4v) is 3.32. The maximum absolute atomic E-state index is 12.7. The van der Waals surface area contributed by atoms with Gasteiger partial charge in [-0.1, -0.05) is 0 Å². The number of hydrogen-bond acceptors (Lipinski definition) is 4. The summed E-state index contributed by atoms with van der Waals surface area (Å²) in [5.74, 6) is 1.41. The highest BCUT2D eigenvalue weighted by Crippen LogP contribution is 2.29. The molecule has 2 aromatic rings. The maximum atomic E-state index is 12.7. The van der Waals surface area contributed by atoms with E-state index < -0.39 is 0 Å². The second-order valence-corrected chi connectivity index (χ2v) is 6.57. The summed E-state index contributed by atoms with van der Waals surface area (Å²) in [7, 11) is 3.21. The predicted octanol–water partition coefficient (Wildman–Crippen LogP) is 1.87. The second kappa shape index (κ2) is 8.16. The second-order valence-electron chi connectivity index (χ2n) is 6.57. The Kier molecular flexibility index (Phi) is 5.69. The summed E-state index contributed by atoms with van der Waals surface area (Å²) in [5, 5.41) is 0. The number of aromatic amines is 1. The van der Waals surface area contributed by atoms with Crippen molar-refractivity contribution in [1.29, 1.82) is 0 Å². The van der Waals surface area contributed by atoms with Crippen LogP contribution < -0.4 is 9.47 Å². The molecule has 0 saturated carbocycles. The van der Waals surface area contributed by atoms with E-state index in [1.54, 1.807) is 42.3 Å². The fourth-order valence-electron chi connectivity index (χ4n) is 3.32. The Labute approximate surface area is 158 Å². The summed E-state index contributed by atoms with van der Waals surface area (Å²) in [4.78, 5) is 31.6. The van der Waals surface area contributed by atoms with Crippen LogP contribution in [-0.4, -0.2) is 67.0 Å². The molecule has 0 bridgehead atoms. The molecule has 1 aromatic carbocycles. The normalized spacial score (nSPS) is 14.2. The van der Waals surface area contributed by atoms with Crippen LogP contribution >= 0.6 is 0 Å². The zero-order valence-corrected chi connectivity index (χ0v) is 15.9. The van der Waals surface area contributed by atoms with Gasteiger partial charge in [0.1, 0.15) is 17.2 Å². The van der Waals surface area contributed by atoms with Crippen LogP contribution in [0.15, 0.2) is 30.5 Å². The van der Waals surface area contributed by atoms with Gasteiger partial charge in [0.25, 0.3) is 5.91 Å². The van der Waals surface area contributed by atoms with E-state index in [1.165, 1.54) is 0 Å². The molecule has 0 atom stereocenters. The summed E-state index contributed by atoms with van der Waals surface area (Å²) in [5.41, 5.74) is 2.34. The number of piperazine rings is 1. The first kappa shape index (κ1) is 18.8. The van der Waals surface area contributed by atoms with Crippen LogP contribution in [0.4, 0.5) is 0 Å². The standard InChI is InChI=1S/C20H25N3O4/c1-14-11-18(27-3)15(12-17(14)26-2)13-19(24)22-7-9-23(10-8-22)20(25)16-5-4-6-21-16/h4-6,11-12,21H,7-10,13H2,1-3H3. The molecule has 1 saturated heterocycles. The first-order chi connectivity index (χ1) is 13.0. The summed E-state index contributed by atoms with van der Waals surface area (Å²) < 4.78 is 10.8. The van der Waals surface area contributed by atoms with E-state index in [-0.39, 0.29) is 18.2 Å². The van der Waals surface area contributed by atoms with Crippen LogP contribution in [-0.2, 0) is 11.2 Å². The smallest absolute Gasteiger partial charge is 0.270 e. The Balaban J connectivity index is 1.62. The Morgan fingerprint density at radius 1 is 1.04 bits per heavy atom. The molecule has 1 aliphatic rings. The highest BCUT2D eigenvalue weighted by molar-refractivity contribution is 5.92. The molecule has 144 valence electrons. The molecule has 1 fully saturated rings. The largest absolute Gasteiger partial charge is 0.496 e. The van der Waals surface area contributed by atoms with E-state index in [1.807, 2.05) is 19.1 Å². The Morgan fingerprint density at radius 2 is 1.70 bits per heavy atom. The number of aromatic nitrogens is 1. The maximum Gasteiger partial charge on any atom is 0.270 e. The average molecular weight is 371 g/mol. The number of nitrogens with zero attached hydrogens (tertiary/aromatic N) is 2. The Hall–Kier alpha value is -2.96. The van der Waals surface area contributed by atoms with Crippen LogP contribution in [0.5, 0.6) is 11.5 Å². The van der Waals surface area contributed by atoms with Gasteiger partial charge in [0.05, 0.1) is 20.6 Å². The average Bonchev–Trinajstić information content (AvgIpc) is 3.23. The first-order valence-corrected chi connectivity index (χ1v) is 8.95. The number of ether oxygens (including phenoxy) is 2. The highest BCUT2D eigenvalue weighted by atomic mass is 16.5. The molecule has 3 rings (SSSR count). The van der Waals surface area contributed by atoms with E-state index in [9.17, 15) is 9.59 Å². The molecule has 0 spiro atoms. The number of H-pyrrole nitrogens is 1. The van der Waals surface area contributed by atoms with Crippen molar-refractivity contribution in [2.75, 3.05) is 40.4 Å². The van der Waals surface area contributed by atoms with Crippen LogP contribution in [0.1, 0.15) is 21.6 Å².